The molecule has 0 aromatic carbocycles. The van der Waals surface area contributed by atoms with Crippen LogP contribution in [0.3, 0.4) is 0 Å². The predicted octanol–water partition coefficient (Wildman–Crippen LogP) is -0.400. The molecular weight excluding hydrogens is 270 g/mol. The first-order valence-electron chi connectivity index (χ1n) is 6.98. The van der Waals surface area contributed by atoms with Crippen LogP contribution in [0.1, 0.15) is 24.1 Å². The van der Waals surface area contributed by atoms with Crippen LogP contribution in [0.5, 0.6) is 0 Å². The van der Waals surface area contributed by atoms with Gasteiger partial charge >= 0.3 is 0 Å². The first-order valence-corrected chi connectivity index (χ1v) is 6.98. The summed E-state index contributed by atoms with van der Waals surface area (Å²) in [5.74, 6) is 1.71. The highest BCUT2D eigenvalue weighted by Gasteiger charge is 2.26. The van der Waals surface area contributed by atoms with Gasteiger partial charge in [0.15, 0.2) is 5.82 Å². The Morgan fingerprint density at radius 1 is 1.38 bits per heavy atom. The highest BCUT2D eigenvalue weighted by atomic mass is 16.5. The molecule has 0 aliphatic carbocycles. The van der Waals surface area contributed by atoms with Crippen LogP contribution >= 0.6 is 0 Å². The number of hydrogen-bond acceptors (Lipinski definition) is 8. The maximum atomic E-state index is 5.99. The second-order valence-corrected chi connectivity index (χ2v) is 5.34. The summed E-state index contributed by atoms with van der Waals surface area (Å²) in [6.07, 6.45) is 2.67. The number of likely N-dealkylation sites (N-methyl/N-ethyl adjacent to an activating group) is 1. The van der Waals surface area contributed by atoms with Crippen molar-refractivity contribution >= 4 is 17.2 Å². The van der Waals surface area contributed by atoms with Crippen molar-refractivity contribution in [2.45, 2.75) is 12.3 Å². The Hall–Kier alpha value is -2.22. The van der Waals surface area contributed by atoms with Gasteiger partial charge in [-0.1, -0.05) is 5.16 Å². The highest BCUT2D eigenvalue weighted by molar-refractivity contribution is 6.46. The van der Waals surface area contributed by atoms with Crippen LogP contribution in [0.4, 0.5) is 0 Å². The fourth-order valence-corrected chi connectivity index (χ4v) is 2.50. The fraction of sp³-hybridized carbons (Fsp3) is 0.538. The summed E-state index contributed by atoms with van der Waals surface area (Å²) in [5, 5.41) is 4.03. The Morgan fingerprint density at radius 2 is 2.19 bits per heavy atom. The number of nitrogens with zero attached hydrogens (tertiary/aromatic N) is 5. The van der Waals surface area contributed by atoms with Crippen LogP contribution in [0.25, 0.3) is 5.70 Å². The lowest BCUT2D eigenvalue weighted by atomic mass is 10.1. The minimum absolute atomic E-state index is 0.305. The van der Waals surface area contributed by atoms with Crippen molar-refractivity contribution in [1.82, 2.24) is 15.0 Å². The second-order valence-electron chi connectivity index (χ2n) is 5.34. The van der Waals surface area contributed by atoms with Crippen molar-refractivity contribution in [1.29, 1.82) is 0 Å². The van der Waals surface area contributed by atoms with E-state index in [-0.39, 0.29) is 0 Å². The normalized spacial score (nSPS) is 24.0. The highest BCUT2D eigenvalue weighted by Crippen LogP contribution is 2.24. The van der Waals surface area contributed by atoms with E-state index < -0.39 is 0 Å². The van der Waals surface area contributed by atoms with Gasteiger partial charge in [0.2, 0.25) is 0 Å². The van der Waals surface area contributed by atoms with Crippen molar-refractivity contribution in [3.05, 3.63) is 17.8 Å². The number of amidine groups is 1. The third kappa shape index (κ3) is 2.94. The summed E-state index contributed by atoms with van der Waals surface area (Å²) in [6.45, 7) is 3.21. The van der Waals surface area contributed by atoms with Gasteiger partial charge < -0.3 is 20.9 Å². The monoisotopic (exact) mass is 289 g/mol. The van der Waals surface area contributed by atoms with Gasteiger partial charge in [0.25, 0.3) is 5.89 Å². The van der Waals surface area contributed by atoms with E-state index >= 15 is 0 Å². The molecule has 3 rings (SSSR count). The zero-order valence-corrected chi connectivity index (χ0v) is 12.0. The molecule has 2 aliphatic heterocycles. The van der Waals surface area contributed by atoms with E-state index in [1.807, 2.05) is 0 Å². The Labute approximate surface area is 122 Å². The van der Waals surface area contributed by atoms with Crippen molar-refractivity contribution < 1.29 is 4.52 Å². The van der Waals surface area contributed by atoms with E-state index in [4.69, 9.17) is 16.0 Å². The molecule has 112 valence electrons. The minimum atomic E-state index is 0.305. The van der Waals surface area contributed by atoms with Gasteiger partial charge in [-0.05, 0) is 26.1 Å². The van der Waals surface area contributed by atoms with Gasteiger partial charge in [-0.15, -0.1) is 0 Å². The molecule has 0 amide bonds. The zero-order chi connectivity index (χ0) is 14.8. The Bertz CT molecular complexity index is 616. The van der Waals surface area contributed by atoms with Gasteiger partial charge in [0, 0.05) is 12.5 Å². The van der Waals surface area contributed by atoms with E-state index in [0.29, 0.717) is 48.0 Å². The molecular formula is C13H19N7O. The van der Waals surface area contributed by atoms with Gasteiger partial charge in [-0.25, -0.2) is 0 Å². The minimum Gasteiger partial charge on any atom is -0.394 e. The quantitative estimate of drug-likeness (QED) is 0.781. The van der Waals surface area contributed by atoms with E-state index in [1.54, 1.807) is 6.08 Å². The molecule has 0 spiro atoms. The molecule has 8 heteroatoms. The topological polar surface area (TPSA) is 119 Å². The molecule has 0 bridgehead atoms. The van der Waals surface area contributed by atoms with E-state index in [2.05, 4.69) is 32.1 Å². The molecule has 3 heterocycles. The molecule has 0 saturated carbocycles. The lowest BCUT2D eigenvalue weighted by Crippen LogP contribution is -2.27. The summed E-state index contributed by atoms with van der Waals surface area (Å²) in [7, 11) is 2.08. The first kappa shape index (κ1) is 13.7. The maximum absolute atomic E-state index is 5.99. The third-order valence-electron chi connectivity index (χ3n) is 3.66. The second kappa shape index (κ2) is 5.65. The Kier molecular flexibility index (Phi) is 3.70. The maximum Gasteiger partial charge on any atom is 0.273 e. The molecule has 2 aliphatic rings. The van der Waals surface area contributed by atoms with Crippen molar-refractivity contribution in [2.75, 3.05) is 33.2 Å². The van der Waals surface area contributed by atoms with E-state index in [1.165, 1.54) is 0 Å². The van der Waals surface area contributed by atoms with Gasteiger partial charge in [-0.3, -0.25) is 9.98 Å². The summed E-state index contributed by atoms with van der Waals surface area (Å²) in [5.41, 5.74) is 12.7. The average molecular weight is 289 g/mol. The Morgan fingerprint density at radius 3 is 2.90 bits per heavy atom. The standard InChI is InChI=1S/C13H19N7O/c1-20-5-2-8(7-20)12-18-13(21-19-12)9(14)6-10-11(15)17-4-3-16-10/h6,8H,2-5,7,14H2,1H3,(H2,15,17). The van der Waals surface area contributed by atoms with Crippen molar-refractivity contribution in [2.24, 2.45) is 21.5 Å². The van der Waals surface area contributed by atoms with Crippen LogP contribution < -0.4 is 11.5 Å². The zero-order valence-electron chi connectivity index (χ0n) is 12.0. The van der Waals surface area contributed by atoms with E-state index in [9.17, 15) is 0 Å². The van der Waals surface area contributed by atoms with Crippen LogP contribution in [-0.2, 0) is 0 Å². The molecule has 4 N–H and O–H groups in total. The molecule has 1 saturated heterocycles. The Balaban J connectivity index is 1.76. The number of nitrogens with two attached hydrogens (primary N) is 2. The number of rotatable bonds is 3. The third-order valence-corrected chi connectivity index (χ3v) is 3.66. The molecule has 21 heavy (non-hydrogen) atoms. The largest absolute Gasteiger partial charge is 0.394 e. The van der Waals surface area contributed by atoms with Crippen LogP contribution in [0, 0.1) is 0 Å². The summed E-state index contributed by atoms with van der Waals surface area (Å²) in [4.78, 5) is 15.0. The lowest BCUT2D eigenvalue weighted by molar-refractivity contribution is 0.387. The summed E-state index contributed by atoms with van der Waals surface area (Å²) >= 11 is 0. The molecule has 1 unspecified atom stereocenters. The summed E-state index contributed by atoms with van der Waals surface area (Å²) in [6, 6.07) is 0. The van der Waals surface area contributed by atoms with Gasteiger partial charge in [-0.2, -0.15) is 4.98 Å². The molecule has 1 aromatic heterocycles. The predicted molar refractivity (Wildman–Crippen MR) is 80.1 cm³/mol. The van der Waals surface area contributed by atoms with Crippen molar-refractivity contribution in [3.63, 3.8) is 0 Å². The van der Waals surface area contributed by atoms with Gasteiger partial charge in [0.1, 0.15) is 17.2 Å². The fourth-order valence-electron chi connectivity index (χ4n) is 2.50. The molecule has 1 aromatic rings. The average Bonchev–Trinajstić information content (AvgIpc) is 3.10. The van der Waals surface area contributed by atoms with Gasteiger partial charge in [0.05, 0.1) is 13.1 Å². The first-order chi connectivity index (χ1) is 10.1. The summed E-state index contributed by atoms with van der Waals surface area (Å²) < 4.78 is 5.24. The van der Waals surface area contributed by atoms with Crippen LogP contribution in [0.2, 0.25) is 0 Å². The SMILES string of the molecule is CN1CCC(c2noc(C(N)=CC3=NCCN=C3N)n2)C1. The lowest BCUT2D eigenvalue weighted by Gasteiger charge is -2.07. The number of aliphatic imine (C=N–C) groups is 2. The molecule has 1 fully saturated rings. The molecule has 8 nitrogen and oxygen atoms in total. The van der Waals surface area contributed by atoms with Crippen molar-refractivity contribution in [3.8, 4) is 0 Å². The number of hydrogen-bond donors (Lipinski definition) is 2. The smallest absolute Gasteiger partial charge is 0.273 e. The molecule has 0 radical (unpaired) electrons. The van der Waals surface area contributed by atoms with Crippen LogP contribution in [0.15, 0.2) is 20.6 Å². The molecule has 1 atom stereocenters. The van der Waals surface area contributed by atoms with Crippen LogP contribution in [-0.4, -0.2) is 59.8 Å². The number of likely N-dealkylation sites (tertiary alicyclic amines) is 1. The number of aromatic nitrogens is 2. The van der Waals surface area contributed by atoms with E-state index in [0.717, 1.165) is 19.5 Å².